The van der Waals surface area contributed by atoms with Gasteiger partial charge in [-0.2, -0.15) is 0 Å². The average Bonchev–Trinajstić information content (AvgIpc) is 2.15. The zero-order valence-corrected chi connectivity index (χ0v) is 5.77. The number of hydrogen-bond acceptors (Lipinski definition) is 3. The quantitative estimate of drug-likeness (QED) is 0.518. The molecular formula is C5H9NO2S. The normalized spacial score (nSPS) is 27.6. The van der Waals surface area contributed by atoms with Gasteiger partial charge in [0.05, 0.1) is 12.6 Å². The molecular weight excluding hydrogens is 138 g/mol. The van der Waals surface area contributed by atoms with Gasteiger partial charge in [-0.1, -0.05) is 12.2 Å². The van der Waals surface area contributed by atoms with Crippen LogP contribution in [0.5, 0.6) is 0 Å². The summed E-state index contributed by atoms with van der Waals surface area (Å²) >= 11 is 4.75. The van der Waals surface area contributed by atoms with Gasteiger partial charge in [0.1, 0.15) is 4.99 Å². The number of nitrogens with zero attached hydrogens (tertiary/aromatic N) is 1. The minimum absolute atomic E-state index is 0.0172. The molecule has 0 radical (unpaired) electrons. The Hall–Kier alpha value is -0.190. The van der Waals surface area contributed by atoms with Crippen LogP contribution < -0.4 is 0 Å². The molecule has 0 bridgehead atoms. The van der Waals surface area contributed by atoms with Gasteiger partial charge < -0.3 is 5.11 Å². The maximum absolute atomic E-state index is 8.99. The third kappa shape index (κ3) is 1.20. The van der Waals surface area contributed by atoms with E-state index in [4.69, 9.17) is 22.5 Å². The Bertz CT molecular complexity index is 128. The highest BCUT2D eigenvalue weighted by Crippen LogP contribution is 2.16. The van der Waals surface area contributed by atoms with Crippen LogP contribution in [0.1, 0.15) is 12.8 Å². The summed E-state index contributed by atoms with van der Waals surface area (Å²) in [5.41, 5.74) is 0. The Morgan fingerprint density at radius 3 is 2.67 bits per heavy atom. The Kier molecular flexibility index (Phi) is 2.00. The predicted molar refractivity (Wildman–Crippen MR) is 36.3 cm³/mol. The summed E-state index contributed by atoms with van der Waals surface area (Å²) in [7, 11) is 0. The van der Waals surface area contributed by atoms with Gasteiger partial charge in [0.25, 0.3) is 0 Å². The van der Waals surface area contributed by atoms with Crippen molar-refractivity contribution in [1.82, 2.24) is 5.06 Å². The van der Waals surface area contributed by atoms with Crippen molar-refractivity contribution in [3.8, 4) is 0 Å². The Balaban J connectivity index is 2.51. The lowest BCUT2D eigenvalue weighted by molar-refractivity contribution is -0.0546. The first-order valence-corrected chi connectivity index (χ1v) is 3.28. The summed E-state index contributed by atoms with van der Waals surface area (Å²) in [5, 5.41) is 18.6. The molecule has 9 heavy (non-hydrogen) atoms. The van der Waals surface area contributed by atoms with Gasteiger partial charge in [-0.15, -0.1) is 0 Å². The maximum atomic E-state index is 8.99. The van der Waals surface area contributed by atoms with Crippen molar-refractivity contribution >= 4 is 17.2 Å². The fraction of sp³-hybridized carbons (Fsp3) is 0.800. The zero-order valence-electron chi connectivity index (χ0n) is 4.95. The van der Waals surface area contributed by atoms with Crippen LogP contribution in [0.4, 0.5) is 0 Å². The molecule has 0 amide bonds. The van der Waals surface area contributed by atoms with Crippen LogP contribution in [0.2, 0.25) is 0 Å². The number of hydroxylamine groups is 2. The number of aliphatic hydroxyl groups excluding tert-OH is 1. The van der Waals surface area contributed by atoms with Gasteiger partial charge in [-0.05, 0) is 6.42 Å². The van der Waals surface area contributed by atoms with Gasteiger partial charge in [-0.3, -0.25) is 5.21 Å². The molecule has 3 nitrogen and oxygen atoms in total. The second-order valence-corrected chi connectivity index (χ2v) is 2.58. The van der Waals surface area contributed by atoms with Gasteiger partial charge in [0.2, 0.25) is 0 Å². The van der Waals surface area contributed by atoms with Crippen LogP contribution in [0.25, 0.3) is 0 Å². The highest BCUT2D eigenvalue weighted by Gasteiger charge is 2.25. The minimum Gasteiger partial charge on any atom is -0.394 e. The summed E-state index contributed by atoms with van der Waals surface area (Å²) in [5.74, 6) is 0. The van der Waals surface area contributed by atoms with E-state index in [1.807, 2.05) is 0 Å². The van der Waals surface area contributed by atoms with Crippen LogP contribution in [0, 0.1) is 0 Å². The van der Waals surface area contributed by atoms with Crippen LogP contribution >= 0.6 is 12.2 Å². The summed E-state index contributed by atoms with van der Waals surface area (Å²) in [6.07, 6.45) is 1.49. The standard InChI is InChI=1S/C5H9NO2S/c7-3-4-1-2-5(9)6(4)8/h4,7-8H,1-3H2. The Morgan fingerprint density at radius 1 is 1.78 bits per heavy atom. The molecule has 1 atom stereocenters. The van der Waals surface area contributed by atoms with E-state index in [1.165, 1.54) is 0 Å². The second-order valence-electron chi connectivity index (χ2n) is 2.11. The smallest absolute Gasteiger partial charge is 0.104 e. The number of thiocarbonyl (C=S) groups is 1. The van der Waals surface area contributed by atoms with Crippen molar-refractivity contribution in [3.05, 3.63) is 0 Å². The molecule has 1 saturated heterocycles. The van der Waals surface area contributed by atoms with E-state index in [0.29, 0.717) is 4.99 Å². The van der Waals surface area contributed by atoms with Gasteiger partial charge in [-0.25, -0.2) is 5.06 Å². The molecule has 0 aromatic heterocycles. The van der Waals surface area contributed by atoms with E-state index in [-0.39, 0.29) is 12.6 Å². The lowest BCUT2D eigenvalue weighted by atomic mass is 10.2. The summed E-state index contributed by atoms with van der Waals surface area (Å²) in [6, 6.07) is -0.155. The number of rotatable bonds is 1. The molecule has 1 aliphatic heterocycles. The van der Waals surface area contributed by atoms with E-state index < -0.39 is 0 Å². The molecule has 0 spiro atoms. The lowest BCUT2D eigenvalue weighted by Crippen LogP contribution is -2.30. The highest BCUT2D eigenvalue weighted by atomic mass is 32.1. The van der Waals surface area contributed by atoms with Crippen molar-refractivity contribution in [2.24, 2.45) is 0 Å². The van der Waals surface area contributed by atoms with E-state index in [2.05, 4.69) is 0 Å². The van der Waals surface area contributed by atoms with Crippen LogP contribution in [-0.2, 0) is 0 Å². The fourth-order valence-corrected chi connectivity index (χ4v) is 1.17. The largest absolute Gasteiger partial charge is 0.394 e. The van der Waals surface area contributed by atoms with E-state index >= 15 is 0 Å². The molecule has 52 valence electrons. The third-order valence-electron chi connectivity index (χ3n) is 1.50. The van der Waals surface area contributed by atoms with E-state index in [1.54, 1.807) is 0 Å². The van der Waals surface area contributed by atoms with Crippen LogP contribution in [0.15, 0.2) is 0 Å². The minimum atomic E-state index is -0.155. The Labute approximate surface area is 58.9 Å². The van der Waals surface area contributed by atoms with Gasteiger partial charge in [0.15, 0.2) is 0 Å². The van der Waals surface area contributed by atoms with Crippen molar-refractivity contribution < 1.29 is 10.3 Å². The molecule has 0 aromatic carbocycles. The number of hydrogen-bond donors (Lipinski definition) is 2. The van der Waals surface area contributed by atoms with Gasteiger partial charge >= 0.3 is 0 Å². The first-order chi connectivity index (χ1) is 4.25. The third-order valence-corrected chi connectivity index (χ3v) is 1.89. The van der Waals surface area contributed by atoms with Crippen molar-refractivity contribution in [2.75, 3.05) is 6.61 Å². The summed E-state index contributed by atoms with van der Waals surface area (Å²) < 4.78 is 0. The zero-order chi connectivity index (χ0) is 6.85. The van der Waals surface area contributed by atoms with Crippen LogP contribution in [0.3, 0.4) is 0 Å². The Morgan fingerprint density at radius 2 is 2.44 bits per heavy atom. The molecule has 2 N–H and O–H groups in total. The van der Waals surface area contributed by atoms with E-state index in [0.717, 1.165) is 17.9 Å². The SMILES string of the molecule is OCC1CCC(=S)N1O. The molecule has 0 aliphatic carbocycles. The molecule has 1 fully saturated rings. The summed E-state index contributed by atoms with van der Waals surface area (Å²) in [4.78, 5) is 0.536. The number of aliphatic hydroxyl groups is 1. The average molecular weight is 147 g/mol. The molecule has 1 aliphatic rings. The molecule has 1 rings (SSSR count). The van der Waals surface area contributed by atoms with E-state index in [9.17, 15) is 0 Å². The first kappa shape index (κ1) is 6.92. The predicted octanol–water partition coefficient (Wildman–Crippen LogP) is 0.160. The molecule has 4 heteroatoms. The monoisotopic (exact) mass is 147 g/mol. The van der Waals surface area contributed by atoms with Crippen molar-refractivity contribution in [2.45, 2.75) is 18.9 Å². The first-order valence-electron chi connectivity index (χ1n) is 2.87. The van der Waals surface area contributed by atoms with Gasteiger partial charge in [0, 0.05) is 6.42 Å². The van der Waals surface area contributed by atoms with Crippen molar-refractivity contribution in [3.63, 3.8) is 0 Å². The van der Waals surface area contributed by atoms with Crippen LogP contribution in [-0.4, -0.2) is 33.0 Å². The molecule has 0 aromatic rings. The summed E-state index contributed by atoms with van der Waals surface area (Å²) in [6.45, 7) is -0.0172. The second kappa shape index (κ2) is 2.60. The highest BCUT2D eigenvalue weighted by molar-refractivity contribution is 7.80. The molecule has 0 saturated carbocycles. The lowest BCUT2D eigenvalue weighted by Gasteiger charge is -2.15. The molecule has 1 unspecified atom stereocenters. The molecule has 1 heterocycles. The maximum Gasteiger partial charge on any atom is 0.104 e. The fourth-order valence-electron chi connectivity index (χ4n) is 0.899. The van der Waals surface area contributed by atoms with Crippen molar-refractivity contribution in [1.29, 1.82) is 0 Å². The topological polar surface area (TPSA) is 43.7 Å².